The molecule has 92 valence electrons. The van der Waals surface area contributed by atoms with E-state index in [0.717, 1.165) is 22.3 Å². The second kappa shape index (κ2) is 4.46. The van der Waals surface area contributed by atoms with Crippen LogP contribution in [0.15, 0.2) is 42.9 Å². The molecular formula is C15H12N4. The van der Waals surface area contributed by atoms with Gasteiger partial charge < -0.3 is 10.3 Å². The minimum atomic E-state index is 0.639. The van der Waals surface area contributed by atoms with E-state index in [2.05, 4.69) is 21.8 Å². The van der Waals surface area contributed by atoms with E-state index in [1.165, 1.54) is 0 Å². The standard InChI is InChI=1S/C15H12N4/c1-19-10-11(5-6-13-4-2-3-7-17-13)14-8-12(16)9-18-15(14)19/h2-4,7-10H,16H2,1H3. The van der Waals surface area contributed by atoms with Gasteiger partial charge in [0.1, 0.15) is 11.3 Å². The van der Waals surface area contributed by atoms with Gasteiger partial charge in [0.2, 0.25) is 0 Å². The van der Waals surface area contributed by atoms with Crippen LogP contribution in [-0.4, -0.2) is 14.5 Å². The van der Waals surface area contributed by atoms with E-state index in [4.69, 9.17) is 5.73 Å². The molecule has 0 aliphatic heterocycles. The molecule has 0 saturated carbocycles. The van der Waals surface area contributed by atoms with Gasteiger partial charge in [0, 0.05) is 24.8 Å². The molecule has 3 heterocycles. The Labute approximate surface area is 110 Å². The van der Waals surface area contributed by atoms with Crippen LogP contribution in [0.5, 0.6) is 0 Å². The molecule has 3 aromatic heterocycles. The Morgan fingerprint density at radius 3 is 2.89 bits per heavy atom. The molecule has 0 amide bonds. The highest BCUT2D eigenvalue weighted by molar-refractivity contribution is 5.86. The lowest BCUT2D eigenvalue weighted by Crippen LogP contribution is -1.89. The van der Waals surface area contributed by atoms with Crippen molar-refractivity contribution in [1.29, 1.82) is 0 Å². The first-order chi connectivity index (χ1) is 9.24. The topological polar surface area (TPSA) is 56.7 Å². The number of pyridine rings is 2. The number of aryl methyl sites for hydroxylation is 1. The summed E-state index contributed by atoms with van der Waals surface area (Å²) in [7, 11) is 1.94. The Balaban J connectivity index is 2.12. The lowest BCUT2D eigenvalue weighted by Gasteiger charge is -1.95. The molecule has 3 rings (SSSR count). The maximum Gasteiger partial charge on any atom is 0.141 e. The number of fused-ring (bicyclic) bond motifs is 1. The zero-order chi connectivity index (χ0) is 13.2. The quantitative estimate of drug-likeness (QED) is 0.619. The number of aromatic nitrogens is 3. The van der Waals surface area contributed by atoms with Gasteiger partial charge in [-0.05, 0) is 24.1 Å². The lowest BCUT2D eigenvalue weighted by molar-refractivity contribution is 0.947. The Bertz CT molecular complexity index is 791. The Kier molecular flexibility index (Phi) is 2.66. The molecule has 0 spiro atoms. The predicted molar refractivity (Wildman–Crippen MR) is 75.3 cm³/mol. The molecule has 0 aliphatic rings. The third-order valence-electron chi connectivity index (χ3n) is 2.82. The molecule has 0 atom stereocenters. The SMILES string of the molecule is Cn1cc(C#Cc2ccccn2)c2cc(N)cnc21. The van der Waals surface area contributed by atoms with Gasteiger partial charge in [-0.15, -0.1) is 0 Å². The van der Waals surface area contributed by atoms with Gasteiger partial charge in [-0.1, -0.05) is 12.0 Å². The van der Waals surface area contributed by atoms with Gasteiger partial charge in [-0.3, -0.25) is 0 Å². The van der Waals surface area contributed by atoms with E-state index >= 15 is 0 Å². The molecule has 2 N–H and O–H groups in total. The fraction of sp³-hybridized carbons (Fsp3) is 0.0667. The van der Waals surface area contributed by atoms with Crippen molar-refractivity contribution in [3.05, 3.63) is 54.1 Å². The number of nitrogens with two attached hydrogens (primary N) is 1. The summed E-state index contributed by atoms with van der Waals surface area (Å²) in [5, 5.41) is 0.964. The normalized spacial score (nSPS) is 10.2. The summed E-state index contributed by atoms with van der Waals surface area (Å²) < 4.78 is 1.94. The minimum Gasteiger partial charge on any atom is -0.397 e. The molecule has 0 radical (unpaired) electrons. The average Bonchev–Trinajstić information content (AvgIpc) is 2.74. The molecule has 4 nitrogen and oxygen atoms in total. The Hall–Kier alpha value is -2.80. The number of nitrogens with zero attached hydrogens (tertiary/aromatic N) is 3. The van der Waals surface area contributed by atoms with Gasteiger partial charge >= 0.3 is 0 Å². The van der Waals surface area contributed by atoms with E-state index in [0.29, 0.717) is 5.69 Å². The van der Waals surface area contributed by atoms with Crippen LogP contribution in [0.3, 0.4) is 0 Å². The van der Waals surface area contributed by atoms with Crippen LogP contribution in [0.4, 0.5) is 5.69 Å². The summed E-state index contributed by atoms with van der Waals surface area (Å²) in [6.07, 6.45) is 5.33. The predicted octanol–water partition coefficient (Wildman–Crippen LogP) is 1.95. The molecule has 0 saturated heterocycles. The minimum absolute atomic E-state index is 0.639. The van der Waals surface area contributed by atoms with Crippen LogP contribution in [0.2, 0.25) is 0 Å². The van der Waals surface area contributed by atoms with Crippen molar-refractivity contribution in [3.63, 3.8) is 0 Å². The largest absolute Gasteiger partial charge is 0.397 e. The van der Waals surface area contributed by atoms with Crippen molar-refractivity contribution in [2.45, 2.75) is 0 Å². The molecule has 0 bridgehead atoms. The van der Waals surface area contributed by atoms with Gasteiger partial charge in [0.15, 0.2) is 0 Å². The van der Waals surface area contributed by atoms with E-state index in [-0.39, 0.29) is 0 Å². The first-order valence-corrected chi connectivity index (χ1v) is 5.87. The van der Waals surface area contributed by atoms with E-state index < -0.39 is 0 Å². The smallest absolute Gasteiger partial charge is 0.141 e. The summed E-state index contributed by atoms with van der Waals surface area (Å²) in [5.41, 5.74) is 8.94. The van der Waals surface area contributed by atoms with Crippen LogP contribution in [0.25, 0.3) is 11.0 Å². The number of nitrogen functional groups attached to an aromatic ring is 1. The van der Waals surface area contributed by atoms with Gasteiger partial charge in [-0.25, -0.2) is 9.97 Å². The summed E-state index contributed by atoms with van der Waals surface area (Å²) in [4.78, 5) is 8.49. The summed E-state index contributed by atoms with van der Waals surface area (Å²) in [5.74, 6) is 6.17. The van der Waals surface area contributed by atoms with Crippen LogP contribution >= 0.6 is 0 Å². The summed E-state index contributed by atoms with van der Waals surface area (Å²) >= 11 is 0. The van der Waals surface area contributed by atoms with Crippen molar-refractivity contribution in [2.75, 3.05) is 5.73 Å². The third kappa shape index (κ3) is 2.14. The first-order valence-electron chi connectivity index (χ1n) is 5.87. The fourth-order valence-corrected chi connectivity index (χ4v) is 1.94. The molecule has 0 aromatic carbocycles. The maximum atomic E-state index is 5.78. The van der Waals surface area contributed by atoms with Gasteiger partial charge in [0.25, 0.3) is 0 Å². The molecule has 4 heteroatoms. The zero-order valence-electron chi connectivity index (χ0n) is 10.5. The highest BCUT2D eigenvalue weighted by Gasteiger charge is 2.05. The Morgan fingerprint density at radius 1 is 1.21 bits per heavy atom. The van der Waals surface area contributed by atoms with Gasteiger partial charge in [0.05, 0.1) is 17.4 Å². The molecule has 3 aromatic rings. The number of hydrogen-bond acceptors (Lipinski definition) is 3. The number of hydrogen-bond donors (Lipinski definition) is 1. The number of anilines is 1. The van der Waals surface area contributed by atoms with E-state index in [9.17, 15) is 0 Å². The highest BCUT2D eigenvalue weighted by atomic mass is 15.0. The van der Waals surface area contributed by atoms with Crippen LogP contribution in [0, 0.1) is 11.8 Å². The average molecular weight is 248 g/mol. The van der Waals surface area contributed by atoms with Crippen molar-refractivity contribution in [1.82, 2.24) is 14.5 Å². The molecule has 0 fully saturated rings. The number of rotatable bonds is 0. The van der Waals surface area contributed by atoms with Crippen molar-refractivity contribution >= 4 is 16.7 Å². The molecule has 0 aliphatic carbocycles. The monoisotopic (exact) mass is 248 g/mol. The van der Waals surface area contributed by atoms with Crippen molar-refractivity contribution < 1.29 is 0 Å². The lowest BCUT2D eigenvalue weighted by atomic mass is 10.2. The third-order valence-corrected chi connectivity index (χ3v) is 2.82. The van der Waals surface area contributed by atoms with Crippen LogP contribution in [0.1, 0.15) is 11.3 Å². The molecular weight excluding hydrogens is 236 g/mol. The summed E-state index contributed by atoms with van der Waals surface area (Å²) in [6, 6.07) is 7.56. The zero-order valence-corrected chi connectivity index (χ0v) is 10.5. The maximum absolute atomic E-state index is 5.78. The second-order valence-electron chi connectivity index (χ2n) is 4.26. The van der Waals surface area contributed by atoms with E-state index in [1.54, 1.807) is 12.4 Å². The fourth-order valence-electron chi connectivity index (χ4n) is 1.94. The first kappa shape index (κ1) is 11.3. The van der Waals surface area contributed by atoms with Crippen molar-refractivity contribution in [3.8, 4) is 11.8 Å². The van der Waals surface area contributed by atoms with Crippen molar-refractivity contribution in [2.24, 2.45) is 7.05 Å². The Morgan fingerprint density at radius 2 is 2.11 bits per heavy atom. The van der Waals surface area contributed by atoms with E-state index in [1.807, 2.05) is 42.1 Å². The molecule has 19 heavy (non-hydrogen) atoms. The van der Waals surface area contributed by atoms with Gasteiger partial charge in [-0.2, -0.15) is 0 Å². The van der Waals surface area contributed by atoms with Crippen LogP contribution < -0.4 is 5.73 Å². The second-order valence-corrected chi connectivity index (χ2v) is 4.26. The highest BCUT2D eigenvalue weighted by Crippen LogP contribution is 2.20. The summed E-state index contributed by atoms with van der Waals surface area (Å²) in [6.45, 7) is 0. The van der Waals surface area contributed by atoms with Crippen LogP contribution in [-0.2, 0) is 7.05 Å². The molecule has 0 unspecified atom stereocenters.